The molecule has 0 heterocycles. The van der Waals surface area contributed by atoms with E-state index in [1.807, 2.05) is 12.2 Å². The quantitative estimate of drug-likeness (QED) is 0.657. The molecule has 4 aliphatic carbocycles. The third-order valence-corrected chi connectivity index (χ3v) is 7.65. The predicted octanol–water partition coefficient (Wildman–Crippen LogP) is 4.89. The van der Waals surface area contributed by atoms with Gasteiger partial charge in [-0.2, -0.15) is 0 Å². The van der Waals surface area contributed by atoms with Gasteiger partial charge in [0.25, 0.3) is 0 Å². The number of fused-ring (bicyclic) bond motifs is 1. The van der Waals surface area contributed by atoms with Crippen molar-refractivity contribution in [2.45, 2.75) is 90.1 Å². The van der Waals surface area contributed by atoms with Crippen LogP contribution >= 0.6 is 0 Å². The first-order valence-electron chi connectivity index (χ1n) is 12.1. The molecule has 2 saturated carbocycles. The fourth-order valence-electron chi connectivity index (χ4n) is 5.54. The SMILES string of the molecule is CCC1CCC(NC2=C3C(=O)C=CC(NC4CCC(CC)CC4)=C3C(=O)C=C2)CC1. The Morgan fingerprint density at radius 1 is 0.633 bits per heavy atom. The van der Waals surface area contributed by atoms with E-state index in [1.54, 1.807) is 12.2 Å². The van der Waals surface area contributed by atoms with Gasteiger partial charge in [0.1, 0.15) is 0 Å². The minimum Gasteiger partial charge on any atom is -0.382 e. The second kappa shape index (κ2) is 9.36. The number of rotatable bonds is 6. The summed E-state index contributed by atoms with van der Waals surface area (Å²) in [6.07, 6.45) is 18.9. The average molecular weight is 409 g/mol. The van der Waals surface area contributed by atoms with E-state index in [4.69, 9.17) is 0 Å². The third kappa shape index (κ3) is 4.48. The lowest BCUT2D eigenvalue weighted by Crippen LogP contribution is -2.37. The van der Waals surface area contributed by atoms with E-state index in [9.17, 15) is 9.59 Å². The summed E-state index contributed by atoms with van der Waals surface area (Å²) in [5.41, 5.74) is 2.78. The summed E-state index contributed by atoms with van der Waals surface area (Å²) < 4.78 is 0. The second-order valence-corrected chi connectivity index (χ2v) is 9.51. The Kier molecular flexibility index (Phi) is 6.60. The van der Waals surface area contributed by atoms with Crippen molar-refractivity contribution in [3.63, 3.8) is 0 Å². The first-order valence-corrected chi connectivity index (χ1v) is 12.1. The summed E-state index contributed by atoms with van der Waals surface area (Å²) in [4.78, 5) is 25.6. The molecule has 4 rings (SSSR count). The van der Waals surface area contributed by atoms with E-state index >= 15 is 0 Å². The molecule has 0 aromatic carbocycles. The van der Waals surface area contributed by atoms with E-state index in [0.29, 0.717) is 23.2 Å². The van der Waals surface area contributed by atoms with Crippen LogP contribution in [0, 0.1) is 11.8 Å². The molecule has 0 spiro atoms. The monoisotopic (exact) mass is 408 g/mol. The molecule has 0 amide bonds. The zero-order chi connectivity index (χ0) is 21.1. The fourth-order valence-corrected chi connectivity index (χ4v) is 5.54. The molecule has 4 heteroatoms. The van der Waals surface area contributed by atoms with Crippen LogP contribution in [-0.4, -0.2) is 23.7 Å². The molecule has 0 aromatic heterocycles. The Bertz CT molecular complexity index is 733. The minimum absolute atomic E-state index is 0.0623. The smallest absolute Gasteiger partial charge is 0.188 e. The van der Waals surface area contributed by atoms with E-state index < -0.39 is 0 Å². The molecule has 0 radical (unpaired) electrons. The maximum Gasteiger partial charge on any atom is 0.188 e. The zero-order valence-corrected chi connectivity index (χ0v) is 18.5. The van der Waals surface area contributed by atoms with Crippen molar-refractivity contribution in [2.24, 2.45) is 11.8 Å². The lowest BCUT2D eigenvalue weighted by Gasteiger charge is -2.33. The van der Waals surface area contributed by atoms with Gasteiger partial charge in [-0.05, 0) is 87.5 Å². The number of carbonyl (C=O) groups excluding carboxylic acids is 2. The van der Waals surface area contributed by atoms with Crippen LogP contribution in [0.1, 0.15) is 78.1 Å². The molecule has 2 N–H and O–H groups in total. The molecule has 0 unspecified atom stereocenters. The van der Waals surface area contributed by atoms with Gasteiger partial charge in [-0.1, -0.05) is 26.7 Å². The first kappa shape index (κ1) is 21.1. The van der Waals surface area contributed by atoms with E-state index in [0.717, 1.165) is 48.9 Å². The van der Waals surface area contributed by atoms with Crippen LogP contribution in [0.4, 0.5) is 0 Å². The Balaban J connectivity index is 1.53. The van der Waals surface area contributed by atoms with Crippen LogP contribution in [0.3, 0.4) is 0 Å². The molecule has 2 fully saturated rings. The molecular weight excluding hydrogens is 372 g/mol. The van der Waals surface area contributed by atoms with Crippen LogP contribution in [0.25, 0.3) is 0 Å². The van der Waals surface area contributed by atoms with Crippen LogP contribution < -0.4 is 10.6 Å². The van der Waals surface area contributed by atoms with E-state index in [-0.39, 0.29) is 11.6 Å². The van der Waals surface area contributed by atoms with Crippen molar-refractivity contribution >= 4 is 11.6 Å². The molecule has 4 aliphatic rings. The normalized spacial score (nSPS) is 31.8. The highest BCUT2D eigenvalue weighted by Crippen LogP contribution is 2.33. The van der Waals surface area contributed by atoms with Gasteiger partial charge < -0.3 is 10.6 Å². The molecule has 4 nitrogen and oxygen atoms in total. The molecule has 0 atom stereocenters. The van der Waals surface area contributed by atoms with Crippen molar-refractivity contribution in [1.29, 1.82) is 0 Å². The Morgan fingerprint density at radius 2 is 1.00 bits per heavy atom. The third-order valence-electron chi connectivity index (χ3n) is 7.65. The van der Waals surface area contributed by atoms with Gasteiger partial charge in [-0.25, -0.2) is 0 Å². The Hall–Kier alpha value is -2.10. The number of allylic oxidation sites excluding steroid dienone is 6. The summed E-state index contributed by atoms with van der Waals surface area (Å²) >= 11 is 0. The van der Waals surface area contributed by atoms with Crippen molar-refractivity contribution in [3.8, 4) is 0 Å². The highest BCUT2D eigenvalue weighted by molar-refractivity contribution is 6.23. The van der Waals surface area contributed by atoms with Crippen LogP contribution in [0.5, 0.6) is 0 Å². The number of nitrogens with one attached hydrogen (secondary N) is 2. The van der Waals surface area contributed by atoms with Gasteiger partial charge in [0.05, 0.1) is 11.1 Å². The van der Waals surface area contributed by atoms with Gasteiger partial charge in [0, 0.05) is 23.5 Å². The van der Waals surface area contributed by atoms with Gasteiger partial charge in [-0.15, -0.1) is 0 Å². The first-order chi connectivity index (χ1) is 14.6. The summed E-state index contributed by atoms with van der Waals surface area (Å²) in [5, 5.41) is 7.23. The molecular formula is C26H36N2O2. The molecule has 0 bridgehead atoms. The predicted molar refractivity (Wildman–Crippen MR) is 121 cm³/mol. The van der Waals surface area contributed by atoms with Crippen molar-refractivity contribution in [3.05, 3.63) is 46.8 Å². The van der Waals surface area contributed by atoms with Crippen LogP contribution in [0.15, 0.2) is 46.8 Å². The standard InChI is InChI=1S/C26H36N2O2/c1-3-17-5-9-19(10-6-17)27-21-13-15-24(30)26-22(14-16-23(29)25(21)26)28-20-11-7-18(4-2)8-12-20/h13-20,27-28H,3-12H2,1-2H3. The highest BCUT2D eigenvalue weighted by atomic mass is 16.1. The second-order valence-electron chi connectivity index (χ2n) is 9.51. The largest absolute Gasteiger partial charge is 0.382 e. The molecule has 0 saturated heterocycles. The zero-order valence-electron chi connectivity index (χ0n) is 18.5. The number of carbonyl (C=O) groups is 2. The van der Waals surface area contributed by atoms with Crippen LogP contribution in [-0.2, 0) is 9.59 Å². The summed E-state index contributed by atoms with van der Waals surface area (Å²) in [7, 11) is 0. The fraction of sp³-hybridized carbons (Fsp3) is 0.615. The van der Waals surface area contributed by atoms with Crippen LogP contribution in [0.2, 0.25) is 0 Å². The molecule has 0 aliphatic heterocycles. The molecule has 0 aromatic rings. The van der Waals surface area contributed by atoms with Crippen molar-refractivity contribution in [2.75, 3.05) is 0 Å². The number of ketones is 2. The van der Waals surface area contributed by atoms with Crippen molar-refractivity contribution < 1.29 is 9.59 Å². The van der Waals surface area contributed by atoms with Gasteiger partial charge in [-0.3, -0.25) is 9.59 Å². The topological polar surface area (TPSA) is 58.2 Å². The number of hydrogen-bond acceptors (Lipinski definition) is 4. The lowest BCUT2D eigenvalue weighted by atomic mass is 9.82. The van der Waals surface area contributed by atoms with Gasteiger partial charge >= 0.3 is 0 Å². The molecule has 30 heavy (non-hydrogen) atoms. The van der Waals surface area contributed by atoms with E-state index in [1.165, 1.54) is 38.5 Å². The lowest BCUT2D eigenvalue weighted by molar-refractivity contribution is -0.114. The maximum atomic E-state index is 12.8. The summed E-state index contributed by atoms with van der Waals surface area (Å²) in [5.74, 6) is 1.54. The van der Waals surface area contributed by atoms with E-state index in [2.05, 4.69) is 24.5 Å². The summed E-state index contributed by atoms with van der Waals surface area (Å²) in [6, 6.07) is 0.766. The highest BCUT2D eigenvalue weighted by Gasteiger charge is 2.32. The Morgan fingerprint density at radius 3 is 1.33 bits per heavy atom. The van der Waals surface area contributed by atoms with Crippen molar-refractivity contribution in [1.82, 2.24) is 10.6 Å². The number of hydrogen-bond donors (Lipinski definition) is 2. The average Bonchev–Trinajstić information content (AvgIpc) is 2.78. The van der Waals surface area contributed by atoms with Gasteiger partial charge in [0.15, 0.2) is 11.6 Å². The Labute approximate surface area is 181 Å². The van der Waals surface area contributed by atoms with Gasteiger partial charge in [0.2, 0.25) is 0 Å². The minimum atomic E-state index is -0.0623. The summed E-state index contributed by atoms with van der Waals surface area (Å²) in [6.45, 7) is 4.54. The molecule has 162 valence electrons. The maximum absolute atomic E-state index is 12.8.